The van der Waals surface area contributed by atoms with Gasteiger partial charge in [-0.3, -0.25) is 9.69 Å². The van der Waals surface area contributed by atoms with Crippen LogP contribution < -0.4 is 5.32 Å². The van der Waals surface area contributed by atoms with Gasteiger partial charge in [-0.2, -0.15) is 4.31 Å². The lowest BCUT2D eigenvalue weighted by molar-refractivity contribution is 0.0939. The third-order valence-electron chi connectivity index (χ3n) is 4.50. The second-order valence-electron chi connectivity index (χ2n) is 6.92. The molecule has 0 unspecified atom stereocenters. The van der Waals surface area contributed by atoms with E-state index in [0.29, 0.717) is 31.7 Å². The molecule has 1 aromatic carbocycles. The number of rotatable bonds is 10. The van der Waals surface area contributed by atoms with Gasteiger partial charge in [0, 0.05) is 43.8 Å². The fourth-order valence-electron chi connectivity index (χ4n) is 3.06. The Morgan fingerprint density at radius 3 is 2.15 bits per heavy atom. The van der Waals surface area contributed by atoms with Gasteiger partial charge in [0.05, 0.1) is 5.02 Å². The standard InChI is InChI=1S/C19H32ClN3O3S/c1-7-22(8-2)27(25,26)18-13-16(9-10-17(18)20)19(24)21-11-12-23(14(3)4)15(5)6/h9-10,13-15H,7-8,11-12H2,1-6H3,(H,21,24). The SMILES string of the molecule is CCN(CC)S(=O)(=O)c1cc(C(=O)NCCN(C(C)C)C(C)C)ccc1Cl. The lowest BCUT2D eigenvalue weighted by Gasteiger charge is -2.30. The molecule has 0 heterocycles. The maximum Gasteiger partial charge on any atom is 0.251 e. The molecule has 154 valence electrons. The first-order valence-electron chi connectivity index (χ1n) is 9.39. The average Bonchev–Trinajstić information content (AvgIpc) is 2.58. The summed E-state index contributed by atoms with van der Waals surface area (Å²) < 4.78 is 26.8. The van der Waals surface area contributed by atoms with Gasteiger partial charge in [0.1, 0.15) is 4.90 Å². The number of sulfonamides is 1. The van der Waals surface area contributed by atoms with E-state index in [1.807, 2.05) is 0 Å². The molecule has 0 aliphatic rings. The number of hydrogen-bond acceptors (Lipinski definition) is 4. The van der Waals surface area contributed by atoms with Crippen LogP contribution in [0.1, 0.15) is 51.9 Å². The molecule has 0 bridgehead atoms. The molecule has 1 rings (SSSR count). The summed E-state index contributed by atoms with van der Waals surface area (Å²) in [6.07, 6.45) is 0. The van der Waals surface area contributed by atoms with Crippen LogP contribution in [0.25, 0.3) is 0 Å². The zero-order valence-electron chi connectivity index (χ0n) is 17.1. The first-order valence-corrected chi connectivity index (χ1v) is 11.2. The largest absolute Gasteiger partial charge is 0.351 e. The highest BCUT2D eigenvalue weighted by Crippen LogP contribution is 2.25. The van der Waals surface area contributed by atoms with Crippen molar-refractivity contribution >= 4 is 27.5 Å². The monoisotopic (exact) mass is 417 g/mol. The third-order valence-corrected chi connectivity index (χ3v) is 7.03. The first kappa shape index (κ1) is 23.9. The van der Waals surface area contributed by atoms with E-state index in [4.69, 9.17) is 11.6 Å². The van der Waals surface area contributed by atoms with Gasteiger partial charge in [0.2, 0.25) is 10.0 Å². The Morgan fingerprint density at radius 2 is 1.67 bits per heavy atom. The topological polar surface area (TPSA) is 69.7 Å². The highest BCUT2D eigenvalue weighted by molar-refractivity contribution is 7.89. The van der Waals surface area contributed by atoms with Crippen molar-refractivity contribution in [3.8, 4) is 0 Å². The molecule has 0 atom stereocenters. The molecular weight excluding hydrogens is 386 g/mol. The lowest BCUT2D eigenvalue weighted by atomic mass is 10.2. The Morgan fingerprint density at radius 1 is 1.11 bits per heavy atom. The normalized spacial score (nSPS) is 12.4. The lowest BCUT2D eigenvalue weighted by Crippen LogP contribution is -2.42. The van der Waals surface area contributed by atoms with E-state index in [9.17, 15) is 13.2 Å². The van der Waals surface area contributed by atoms with Crippen molar-refractivity contribution in [2.24, 2.45) is 0 Å². The predicted octanol–water partition coefficient (Wildman–Crippen LogP) is 3.22. The van der Waals surface area contributed by atoms with Crippen LogP contribution in [0.3, 0.4) is 0 Å². The van der Waals surface area contributed by atoms with E-state index in [-0.39, 0.29) is 21.4 Å². The van der Waals surface area contributed by atoms with Gasteiger partial charge in [-0.05, 0) is 45.9 Å². The zero-order chi connectivity index (χ0) is 20.8. The fraction of sp³-hybridized carbons (Fsp3) is 0.632. The van der Waals surface area contributed by atoms with E-state index in [1.54, 1.807) is 19.9 Å². The van der Waals surface area contributed by atoms with Crippen molar-refractivity contribution in [1.82, 2.24) is 14.5 Å². The first-order chi connectivity index (χ1) is 12.6. The van der Waals surface area contributed by atoms with Crippen molar-refractivity contribution in [1.29, 1.82) is 0 Å². The smallest absolute Gasteiger partial charge is 0.251 e. The van der Waals surface area contributed by atoms with Crippen molar-refractivity contribution in [3.05, 3.63) is 28.8 Å². The van der Waals surface area contributed by atoms with Gasteiger partial charge < -0.3 is 5.32 Å². The third kappa shape index (κ3) is 6.17. The van der Waals surface area contributed by atoms with Gasteiger partial charge in [-0.1, -0.05) is 25.4 Å². The van der Waals surface area contributed by atoms with Gasteiger partial charge >= 0.3 is 0 Å². The molecule has 0 saturated carbocycles. The van der Waals surface area contributed by atoms with Crippen LogP contribution in [0, 0.1) is 0 Å². The molecule has 0 radical (unpaired) electrons. The van der Waals surface area contributed by atoms with Gasteiger partial charge in [-0.25, -0.2) is 8.42 Å². The van der Waals surface area contributed by atoms with Crippen LogP contribution in [0.15, 0.2) is 23.1 Å². The van der Waals surface area contributed by atoms with Gasteiger partial charge in [0.15, 0.2) is 0 Å². The van der Waals surface area contributed by atoms with Crippen LogP contribution in [0.5, 0.6) is 0 Å². The van der Waals surface area contributed by atoms with E-state index < -0.39 is 10.0 Å². The molecule has 0 aliphatic carbocycles. The van der Waals surface area contributed by atoms with Crippen LogP contribution in [-0.2, 0) is 10.0 Å². The molecule has 27 heavy (non-hydrogen) atoms. The molecule has 8 heteroatoms. The molecule has 1 aromatic rings. The number of hydrogen-bond donors (Lipinski definition) is 1. The predicted molar refractivity (Wildman–Crippen MR) is 111 cm³/mol. The molecular formula is C19H32ClN3O3S. The van der Waals surface area contributed by atoms with Gasteiger partial charge in [-0.15, -0.1) is 0 Å². The maximum absolute atomic E-state index is 12.7. The quantitative estimate of drug-likeness (QED) is 0.634. The summed E-state index contributed by atoms with van der Waals surface area (Å²) in [7, 11) is -3.73. The number of carbonyl (C=O) groups excluding carboxylic acids is 1. The summed E-state index contributed by atoms with van der Waals surface area (Å²) in [5, 5.41) is 2.98. The maximum atomic E-state index is 12.7. The number of carbonyl (C=O) groups is 1. The number of amides is 1. The van der Waals surface area contributed by atoms with Crippen LogP contribution in [0.2, 0.25) is 5.02 Å². The van der Waals surface area contributed by atoms with E-state index in [1.165, 1.54) is 16.4 Å². The van der Waals surface area contributed by atoms with Crippen molar-refractivity contribution in [2.45, 2.75) is 58.5 Å². The van der Waals surface area contributed by atoms with E-state index in [2.05, 4.69) is 37.9 Å². The second kappa shape index (κ2) is 10.4. The van der Waals surface area contributed by atoms with Crippen molar-refractivity contribution < 1.29 is 13.2 Å². The number of halogens is 1. The molecule has 0 fully saturated rings. The average molecular weight is 418 g/mol. The summed E-state index contributed by atoms with van der Waals surface area (Å²) >= 11 is 6.11. The van der Waals surface area contributed by atoms with Crippen molar-refractivity contribution in [2.75, 3.05) is 26.2 Å². The molecule has 6 nitrogen and oxygen atoms in total. The minimum absolute atomic E-state index is 0.0356. The Balaban J connectivity index is 2.95. The minimum atomic E-state index is -3.73. The van der Waals surface area contributed by atoms with Crippen LogP contribution in [0.4, 0.5) is 0 Å². The second-order valence-corrected chi connectivity index (χ2v) is 9.23. The highest BCUT2D eigenvalue weighted by atomic mass is 35.5. The van der Waals surface area contributed by atoms with E-state index in [0.717, 1.165) is 6.54 Å². The summed E-state index contributed by atoms with van der Waals surface area (Å²) in [6.45, 7) is 13.9. The Labute approximate surface area is 168 Å². The number of nitrogens with zero attached hydrogens (tertiary/aromatic N) is 2. The summed E-state index contributed by atoms with van der Waals surface area (Å²) in [6, 6.07) is 5.11. The Hall–Kier alpha value is -1.15. The Bertz CT molecular complexity index is 724. The van der Waals surface area contributed by atoms with Gasteiger partial charge in [0.25, 0.3) is 5.91 Å². The molecule has 1 N–H and O–H groups in total. The zero-order valence-corrected chi connectivity index (χ0v) is 18.7. The summed E-state index contributed by atoms with van der Waals surface area (Å²) in [5.74, 6) is -0.310. The summed E-state index contributed by atoms with van der Waals surface area (Å²) in [4.78, 5) is 14.7. The molecule has 0 spiro atoms. The molecule has 0 aliphatic heterocycles. The molecule has 1 amide bonds. The molecule has 0 aromatic heterocycles. The number of nitrogens with one attached hydrogen (secondary N) is 1. The van der Waals surface area contributed by atoms with Crippen molar-refractivity contribution in [3.63, 3.8) is 0 Å². The Kier molecular flexibility index (Phi) is 9.21. The van der Waals surface area contributed by atoms with Crippen LogP contribution >= 0.6 is 11.6 Å². The molecule has 0 saturated heterocycles. The summed E-state index contributed by atoms with van der Waals surface area (Å²) in [5.41, 5.74) is 0.283. The van der Waals surface area contributed by atoms with E-state index >= 15 is 0 Å². The fourth-order valence-corrected chi connectivity index (χ4v) is 5.02. The highest BCUT2D eigenvalue weighted by Gasteiger charge is 2.25. The number of benzene rings is 1. The van der Waals surface area contributed by atoms with Crippen LogP contribution in [-0.4, -0.2) is 61.8 Å². The minimum Gasteiger partial charge on any atom is -0.351 e.